The second-order valence-electron chi connectivity index (χ2n) is 8.69. The molecule has 0 spiro atoms. The van der Waals surface area contributed by atoms with Gasteiger partial charge in [-0.1, -0.05) is 54.6 Å². The summed E-state index contributed by atoms with van der Waals surface area (Å²) in [6, 6.07) is 15.6. The highest BCUT2D eigenvalue weighted by Crippen LogP contribution is 2.28. The van der Waals surface area contributed by atoms with Crippen molar-refractivity contribution >= 4 is 23.5 Å². The number of alkyl halides is 3. The van der Waals surface area contributed by atoms with E-state index in [4.69, 9.17) is 0 Å². The predicted molar refractivity (Wildman–Crippen MR) is 126 cm³/mol. The molecular formula is C26H26F3N3O4. The van der Waals surface area contributed by atoms with Crippen molar-refractivity contribution in [2.75, 3.05) is 18.0 Å². The standard InChI is InChI=1S/C26H26F3N3O4/c27-26(28,29)25(35)36-32-17-15-22(32)24(34)30-20(11-10-18-6-2-1-3-7-18)12-13-23(33)31-16-14-19-8-4-5-9-21(19)31/h1-9,12-13,20,22H,10-11,14-17H2,(H,30,34)/b13-12+/t20-,22-/m0/s1. The molecular weight excluding hydrogens is 475 g/mol. The number of hydrogen-bond acceptors (Lipinski definition) is 5. The molecule has 0 bridgehead atoms. The van der Waals surface area contributed by atoms with Crippen molar-refractivity contribution in [1.29, 1.82) is 0 Å². The fourth-order valence-corrected chi connectivity index (χ4v) is 4.21. The Morgan fingerprint density at radius 2 is 1.78 bits per heavy atom. The minimum absolute atomic E-state index is 0.0251. The molecule has 36 heavy (non-hydrogen) atoms. The first kappa shape index (κ1) is 25.4. The Kier molecular flexibility index (Phi) is 7.73. The number of carbonyl (C=O) groups excluding carboxylic acids is 3. The molecule has 0 unspecified atom stereocenters. The van der Waals surface area contributed by atoms with Gasteiger partial charge >= 0.3 is 12.1 Å². The number of nitrogens with one attached hydrogen (secondary N) is 1. The number of anilines is 1. The molecule has 2 amide bonds. The minimum atomic E-state index is -5.15. The lowest BCUT2D eigenvalue weighted by molar-refractivity contribution is -0.261. The van der Waals surface area contributed by atoms with Gasteiger partial charge in [0, 0.05) is 30.9 Å². The first-order valence-electron chi connectivity index (χ1n) is 11.7. The summed E-state index contributed by atoms with van der Waals surface area (Å²) in [5, 5.41) is 3.52. The predicted octanol–water partition coefficient (Wildman–Crippen LogP) is 3.34. The van der Waals surface area contributed by atoms with Crippen LogP contribution in [0, 0.1) is 0 Å². The molecule has 10 heteroatoms. The van der Waals surface area contributed by atoms with Crippen LogP contribution in [-0.4, -0.2) is 54.2 Å². The fourth-order valence-electron chi connectivity index (χ4n) is 4.21. The lowest BCUT2D eigenvalue weighted by Gasteiger charge is -2.37. The van der Waals surface area contributed by atoms with E-state index >= 15 is 0 Å². The number of nitrogens with zero attached hydrogens (tertiary/aromatic N) is 2. The van der Waals surface area contributed by atoms with Crippen LogP contribution in [0.2, 0.25) is 0 Å². The van der Waals surface area contributed by atoms with E-state index in [-0.39, 0.29) is 18.9 Å². The van der Waals surface area contributed by atoms with Crippen LogP contribution in [0.4, 0.5) is 18.9 Å². The highest BCUT2D eigenvalue weighted by molar-refractivity contribution is 6.03. The summed E-state index contributed by atoms with van der Waals surface area (Å²) in [6.07, 6.45) is -0.0472. The first-order chi connectivity index (χ1) is 17.2. The third kappa shape index (κ3) is 6.12. The van der Waals surface area contributed by atoms with Crippen molar-refractivity contribution < 1.29 is 32.4 Å². The first-order valence-corrected chi connectivity index (χ1v) is 11.7. The SMILES string of the molecule is O=C(N[C@H](/C=C/C(=O)N1CCc2ccccc21)CCc1ccccc1)[C@@H]1CCN1OC(=O)C(F)(F)F. The van der Waals surface area contributed by atoms with Gasteiger partial charge in [-0.25, -0.2) is 4.79 Å². The van der Waals surface area contributed by atoms with Crippen molar-refractivity contribution in [3.8, 4) is 0 Å². The highest BCUT2D eigenvalue weighted by Gasteiger charge is 2.46. The molecule has 7 nitrogen and oxygen atoms in total. The van der Waals surface area contributed by atoms with Gasteiger partial charge in [0.1, 0.15) is 6.04 Å². The number of halogens is 3. The molecule has 2 atom stereocenters. The number of benzene rings is 2. The molecule has 0 aromatic heterocycles. The molecule has 2 heterocycles. The average molecular weight is 502 g/mol. The van der Waals surface area contributed by atoms with Gasteiger partial charge in [-0.05, 0) is 42.9 Å². The molecule has 2 aliphatic rings. The fraction of sp³-hybridized carbons (Fsp3) is 0.346. The van der Waals surface area contributed by atoms with E-state index < -0.39 is 30.1 Å². The summed E-state index contributed by atoms with van der Waals surface area (Å²) >= 11 is 0. The van der Waals surface area contributed by atoms with E-state index in [1.807, 2.05) is 54.6 Å². The zero-order valence-electron chi connectivity index (χ0n) is 19.4. The number of fused-ring (bicyclic) bond motifs is 1. The van der Waals surface area contributed by atoms with Crippen molar-refractivity contribution in [1.82, 2.24) is 10.4 Å². The number of aryl methyl sites for hydroxylation is 1. The van der Waals surface area contributed by atoms with Gasteiger partial charge in [0.25, 0.3) is 5.91 Å². The van der Waals surface area contributed by atoms with Gasteiger partial charge in [0.15, 0.2) is 0 Å². The lowest BCUT2D eigenvalue weighted by atomic mass is 10.0. The van der Waals surface area contributed by atoms with Crippen molar-refractivity contribution in [3.63, 3.8) is 0 Å². The van der Waals surface area contributed by atoms with Crippen LogP contribution in [0.1, 0.15) is 24.0 Å². The maximum Gasteiger partial charge on any atom is 0.492 e. The molecule has 2 aromatic carbocycles. The van der Waals surface area contributed by atoms with E-state index in [0.717, 1.165) is 28.3 Å². The van der Waals surface area contributed by atoms with Crippen LogP contribution in [0.25, 0.3) is 0 Å². The molecule has 2 aromatic rings. The molecule has 0 aliphatic carbocycles. The Balaban J connectivity index is 1.41. The van der Waals surface area contributed by atoms with Gasteiger partial charge < -0.3 is 15.1 Å². The topological polar surface area (TPSA) is 79.0 Å². The third-order valence-corrected chi connectivity index (χ3v) is 6.24. The molecule has 1 saturated heterocycles. The van der Waals surface area contributed by atoms with Gasteiger partial charge in [0.05, 0.1) is 0 Å². The normalized spacial score (nSPS) is 18.4. The van der Waals surface area contributed by atoms with E-state index in [2.05, 4.69) is 10.2 Å². The number of para-hydroxylation sites is 1. The van der Waals surface area contributed by atoms with E-state index in [1.54, 1.807) is 11.0 Å². The van der Waals surface area contributed by atoms with Gasteiger partial charge in [-0.15, -0.1) is 5.06 Å². The van der Waals surface area contributed by atoms with Crippen molar-refractivity contribution in [2.45, 2.75) is 43.9 Å². The molecule has 0 radical (unpaired) electrons. The van der Waals surface area contributed by atoms with Crippen LogP contribution in [0.15, 0.2) is 66.7 Å². The zero-order valence-corrected chi connectivity index (χ0v) is 19.4. The molecule has 190 valence electrons. The minimum Gasteiger partial charge on any atom is -0.360 e. The summed E-state index contributed by atoms with van der Waals surface area (Å²) in [5.41, 5.74) is 2.98. The van der Waals surface area contributed by atoms with Crippen LogP contribution < -0.4 is 10.2 Å². The maximum absolute atomic E-state index is 12.9. The largest absolute Gasteiger partial charge is 0.492 e. The quantitative estimate of drug-likeness (QED) is 0.562. The number of rotatable bonds is 8. The molecule has 1 fully saturated rings. The van der Waals surface area contributed by atoms with Crippen LogP contribution in [-0.2, 0) is 32.1 Å². The zero-order chi connectivity index (χ0) is 25.7. The number of carbonyl (C=O) groups is 3. The second-order valence-corrected chi connectivity index (χ2v) is 8.69. The maximum atomic E-state index is 12.9. The Labute approximate surface area is 206 Å². The average Bonchev–Trinajstić information content (AvgIpc) is 3.27. The number of hydroxylamine groups is 2. The Bertz CT molecular complexity index is 1140. The van der Waals surface area contributed by atoms with E-state index in [0.29, 0.717) is 19.4 Å². The summed E-state index contributed by atoms with van der Waals surface area (Å²) in [6.45, 7) is 0.586. The Morgan fingerprint density at radius 1 is 1.06 bits per heavy atom. The van der Waals surface area contributed by atoms with Crippen molar-refractivity contribution in [2.24, 2.45) is 0 Å². The summed E-state index contributed by atoms with van der Waals surface area (Å²) < 4.78 is 37.6. The monoisotopic (exact) mass is 501 g/mol. The third-order valence-electron chi connectivity index (χ3n) is 6.24. The Morgan fingerprint density at radius 3 is 2.47 bits per heavy atom. The van der Waals surface area contributed by atoms with Gasteiger partial charge in [-0.3, -0.25) is 9.59 Å². The summed E-state index contributed by atoms with van der Waals surface area (Å²) in [4.78, 5) is 42.8. The summed E-state index contributed by atoms with van der Waals surface area (Å²) in [5.74, 6) is -3.15. The van der Waals surface area contributed by atoms with Crippen LogP contribution in [0.5, 0.6) is 0 Å². The van der Waals surface area contributed by atoms with Crippen molar-refractivity contribution in [3.05, 3.63) is 77.9 Å². The highest BCUT2D eigenvalue weighted by atomic mass is 19.4. The van der Waals surface area contributed by atoms with E-state index in [9.17, 15) is 27.6 Å². The molecule has 1 N–H and O–H groups in total. The molecule has 2 aliphatic heterocycles. The Hall–Kier alpha value is -3.66. The smallest absolute Gasteiger partial charge is 0.360 e. The van der Waals surface area contributed by atoms with Crippen LogP contribution in [0.3, 0.4) is 0 Å². The van der Waals surface area contributed by atoms with Gasteiger partial charge in [-0.2, -0.15) is 13.2 Å². The second kappa shape index (κ2) is 10.9. The van der Waals surface area contributed by atoms with E-state index in [1.165, 1.54) is 6.08 Å². The van der Waals surface area contributed by atoms with Crippen LogP contribution >= 0.6 is 0 Å². The lowest BCUT2D eigenvalue weighted by Crippen LogP contribution is -2.58. The number of hydrogen-bond donors (Lipinski definition) is 1. The van der Waals surface area contributed by atoms with Gasteiger partial charge in [0.2, 0.25) is 5.91 Å². The number of amides is 2. The molecule has 0 saturated carbocycles. The molecule has 4 rings (SSSR count). The summed E-state index contributed by atoms with van der Waals surface area (Å²) in [7, 11) is 0.